The van der Waals surface area contributed by atoms with Crippen molar-refractivity contribution in [1.82, 2.24) is 5.32 Å². The molecule has 5 heteroatoms. The van der Waals surface area contributed by atoms with Gasteiger partial charge >= 0.3 is 5.97 Å². The molecular weight excluding hydrogens is 232 g/mol. The van der Waals surface area contributed by atoms with E-state index in [9.17, 15) is 9.59 Å². The number of amides is 1. The topological polar surface area (TPSA) is 67.4 Å². The maximum atomic E-state index is 11.4. The minimum Gasteiger partial charge on any atom is -0.467 e. The normalized spacial score (nSPS) is 11.5. The van der Waals surface area contributed by atoms with Crippen molar-refractivity contribution in [2.75, 3.05) is 19.0 Å². The molecule has 0 heterocycles. The van der Waals surface area contributed by atoms with Gasteiger partial charge in [-0.15, -0.1) is 0 Å². The van der Waals surface area contributed by atoms with E-state index in [1.54, 1.807) is 0 Å². The van der Waals surface area contributed by atoms with Crippen molar-refractivity contribution in [3.05, 3.63) is 29.8 Å². The molecule has 0 saturated carbocycles. The fourth-order valence-electron chi connectivity index (χ4n) is 1.47. The summed E-state index contributed by atoms with van der Waals surface area (Å²) in [4.78, 5) is 22.4. The van der Waals surface area contributed by atoms with Crippen molar-refractivity contribution in [2.24, 2.45) is 0 Å². The number of esters is 1. The second-order valence-electron chi connectivity index (χ2n) is 4.02. The second kappa shape index (κ2) is 6.64. The van der Waals surface area contributed by atoms with Crippen molar-refractivity contribution >= 4 is 17.6 Å². The number of carbonyl (C=O) groups is 2. The van der Waals surface area contributed by atoms with Gasteiger partial charge in [0.15, 0.2) is 0 Å². The number of anilines is 1. The predicted octanol–water partition coefficient (Wildman–Crippen LogP) is 1.08. The summed E-state index contributed by atoms with van der Waals surface area (Å²) in [5, 5.41) is 5.61. The lowest BCUT2D eigenvalue weighted by Crippen LogP contribution is -2.45. The van der Waals surface area contributed by atoms with Crippen LogP contribution in [0.15, 0.2) is 24.3 Å². The van der Waals surface area contributed by atoms with Gasteiger partial charge in [-0.3, -0.25) is 4.79 Å². The van der Waals surface area contributed by atoms with Gasteiger partial charge in [0.25, 0.3) is 0 Å². The van der Waals surface area contributed by atoms with Gasteiger partial charge in [0.1, 0.15) is 6.04 Å². The molecule has 98 valence electrons. The number of hydrogen-bond donors (Lipinski definition) is 2. The van der Waals surface area contributed by atoms with E-state index in [-0.39, 0.29) is 12.5 Å². The Balaban J connectivity index is 2.58. The Kier molecular flexibility index (Phi) is 5.17. The lowest BCUT2D eigenvalue weighted by molar-refractivity contribution is -0.144. The average Bonchev–Trinajstić information content (AvgIpc) is 2.35. The first-order valence-corrected chi connectivity index (χ1v) is 5.68. The third-order valence-corrected chi connectivity index (χ3v) is 2.43. The maximum Gasteiger partial charge on any atom is 0.330 e. The minimum atomic E-state index is -0.686. The predicted molar refractivity (Wildman–Crippen MR) is 69.3 cm³/mol. The lowest BCUT2D eigenvalue weighted by Gasteiger charge is -2.16. The molecule has 0 aliphatic carbocycles. The van der Waals surface area contributed by atoms with E-state index in [1.807, 2.05) is 31.2 Å². The molecule has 0 bridgehead atoms. The van der Waals surface area contributed by atoms with E-state index < -0.39 is 12.0 Å². The summed E-state index contributed by atoms with van der Waals surface area (Å²) in [6, 6.07) is 7.07. The third kappa shape index (κ3) is 4.45. The van der Waals surface area contributed by atoms with Crippen LogP contribution in [0.5, 0.6) is 0 Å². The summed E-state index contributed by atoms with van der Waals surface area (Å²) in [5.74, 6) is -0.735. The molecule has 1 amide bonds. The van der Waals surface area contributed by atoms with Gasteiger partial charge < -0.3 is 15.4 Å². The van der Waals surface area contributed by atoms with E-state index in [4.69, 9.17) is 0 Å². The van der Waals surface area contributed by atoms with E-state index >= 15 is 0 Å². The molecular formula is C13H18N2O3. The zero-order chi connectivity index (χ0) is 13.5. The first kappa shape index (κ1) is 14.0. The first-order chi connectivity index (χ1) is 8.52. The average molecular weight is 250 g/mol. The van der Waals surface area contributed by atoms with Gasteiger partial charge in [-0.2, -0.15) is 0 Å². The third-order valence-electron chi connectivity index (χ3n) is 2.43. The maximum absolute atomic E-state index is 11.4. The molecule has 0 spiro atoms. The molecule has 0 aliphatic heterocycles. The van der Waals surface area contributed by atoms with Gasteiger partial charge in [-0.1, -0.05) is 17.7 Å². The summed E-state index contributed by atoms with van der Waals surface area (Å²) in [6.07, 6.45) is 0. The molecule has 1 rings (SSSR count). The summed E-state index contributed by atoms with van der Waals surface area (Å²) in [6.45, 7) is 3.65. The number of carbonyl (C=O) groups excluding carboxylic acids is 2. The van der Waals surface area contributed by atoms with Gasteiger partial charge in [0.2, 0.25) is 5.91 Å². The highest BCUT2D eigenvalue weighted by Gasteiger charge is 2.19. The largest absolute Gasteiger partial charge is 0.467 e. The molecule has 0 aliphatic rings. The van der Waals surface area contributed by atoms with Crippen LogP contribution < -0.4 is 10.6 Å². The minimum absolute atomic E-state index is 0.267. The molecule has 1 aromatic rings. The van der Waals surface area contributed by atoms with Gasteiger partial charge in [-0.05, 0) is 19.1 Å². The lowest BCUT2D eigenvalue weighted by atomic mass is 10.2. The Labute approximate surface area is 107 Å². The zero-order valence-electron chi connectivity index (χ0n) is 10.8. The molecule has 2 N–H and O–H groups in total. The molecule has 0 fully saturated rings. The Morgan fingerprint density at radius 2 is 1.89 bits per heavy atom. The van der Waals surface area contributed by atoms with Gasteiger partial charge in [-0.25, -0.2) is 4.79 Å². The highest BCUT2D eigenvalue weighted by Crippen LogP contribution is 2.08. The zero-order valence-corrected chi connectivity index (χ0v) is 10.8. The van der Waals surface area contributed by atoms with Crippen molar-refractivity contribution < 1.29 is 14.3 Å². The molecule has 1 atom stereocenters. The Hall–Kier alpha value is -2.04. The number of hydrogen-bond acceptors (Lipinski definition) is 4. The number of aryl methyl sites for hydroxylation is 1. The molecule has 0 aromatic heterocycles. The highest BCUT2D eigenvalue weighted by molar-refractivity contribution is 5.83. The standard InChI is InChI=1S/C13H18N2O3/c1-9-4-6-11(7-5-9)14-8-12(13(17)18-3)15-10(2)16/h4-7,12,14H,8H2,1-3H3,(H,15,16). The molecule has 1 unspecified atom stereocenters. The van der Waals surface area contributed by atoms with Crippen LogP contribution in [-0.2, 0) is 14.3 Å². The molecule has 0 saturated heterocycles. The van der Waals surface area contributed by atoms with Crippen LogP contribution in [0.3, 0.4) is 0 Å². The molecule has 18 heavy (non-hydrogen) atoms. The van der Waals surface area contributed by atoms with E-state index in [1.165, 1.54) is 14.0 Å². The smallest absolute Gasteiger partial charge is 0.330 e. The van der Waals surface area contributed by atoms with Crippen LogP contribution in [0.25, 0.3) is 0 Å². The molecule has 1 aromatic carbocycles. The SMILES string of the molecule is COC(=O)C(CNc1ccc(C)cc1)NC(C)=O. The number of nitrogens with one attached hydrogen (secondary N) is 2. The second-order valence-corrected chi connectivity index (χ2v) is 4.02. The fraction of sp³-hybridized carbons (Fsp3) is 0.385. The van der Waals surface area contributed by atoms with Crippen LogP contribution in [0.2, 0.25) is 0 Å². The quantitative estimate of drug-likeness (QED) is 0.767. The Morgan fingerprint density at radius 3 is 2.39 bits per heavy atom. The van der Waals surface area contributed by atoms with Crippen LogP contribution in [0.4, 0.5) is 5.69 Å². The van der Waals surface area contributed by atoms with Crippen molar-refractivity contribution in [3.63, 3.8) is 0 Å². The summed E-state index contributed by atoms with van der Waals surface area (Å²) in [7, 11) is 1.29. The number of ether oxygens (including phenoxy) is 1. The van der Waals surface area contributed by atoms with Crippen LogP contribution in [0.1, 0.15) is 12.5 Å². The van der Waals surface area contributed by atoms with E-state index in [0.29, 0.717) is 0 Å². The fourth-order valence-corrected chi connectivity index (χ4v) is 1.47. The van der Waals surface area contributed by atoms with Crippen molar-refractivity contribution in [3.8, 4) is 0 Å². The van der Waals surface area contributed by atoms with Crippen molar-refractivity contribution in [1.29, 1.82) is 0 Å². The van der Waals surface area contributed by atoms with Crippen LogP contribution in [0, 0.1) is 6.92 Å². The summed E-state index contributed by atoms with van der Waals surface area (Å²) in [5.41, 5.74) is 2.05. The van der Waals surface area contributed by atoms with Gasteiger partial charge in [0.05, 0.1) is 7.11 Å². The molecule has 0 radical (unpaired) electrons. The summed E-state index contributed by atoms with van der Waals surface area (Å²) < 4.78 is 4.63. The van der Waals surface area contributed by atoms with Crippen LogP contribution >= 0.6 is 0 Å². The van der Waals surface area contributed by atoms with Gasteiger partial charge in [0, 0.05) is 19.2 Å². The van der Waals surface area contributed by atoms with E-state index in [2.05, 4.69) is 15.4 Å². The Morgan fingerprint density at radius 1 is 1.28 bits per heavy atom. The molecule has 5 nitrogen and oxygen atoms in total. The Bertz CT molecular complexity index is 415. The summed E-state index contributed by atoms with van der Waals surface area (Å²) >= 11 is 0. The number of benzene rings is 1. The monoisotopic (exact) mass is 250 g/mol. The highest BCUT2D eigenvalue weighted by atomic mass is 16.5. The van der Waals surface area contributed by atoms with Crippen LogP contribution in [-0.4, -0.2) is 31.6 Å². The number of rotatable bonds is 5. The first-order valence-electron chi connectivity index (χ1n) is 5.68. The van der Waals surface area contributed by atoms with Crippen molar-refractivity contribution in [2.45, 2.75) is 19.9 Å². The van der Waals surface area contributed by atoms with E-state index in [0.717, 1.165) is 11.3 Å². The number of methoxy groups -OCH3 is 1.